The van der Waals surface area contributed by atoms with Crippen molar-refractivity contribution in [3.63, 3.8) is 0 Å². The van der Waals surface area contributed by atoms with Crippen molar-refractivity contribution in [1.82, 2.24) is 9.78 Å². The molecule has 4 heteroatoms. The molecule has 0 aliphatic rings. The van der Waals surface area contributed by atoms with E-state index in [1.165, 1.54) is 3.57 Å². The Hall–Kier alpha value is -0.100. The summed E-state index contributed by atoms with van der Waals surface area (Å²) in [4.78, 5) is 0. The third kappa shape index (κ3) is 1.73. The van der Waals surface area contributed by atoms with Gasteiger partial charge in [-0.3, -0.25) is 4.68 Å². The normalized spacial score (nSPS) is 10.5. The standard InChI is InChI=1S/C7H11IN2O/c1-5-7(8)6(4-11-3)10(2)9-5/h4H2,1-3H3. The van der Waals surface area contributed by atoms with E-state index in [4.69, 9.17) is 4.74 Å². The van der Waals surface area contributed by atoms with Crippen LogP contribution in [0.5, 0.6) is 0 Å². The van der Waals surface area contributed by atoms with Gasteiger partial charge in [0, 0.05) is 14.2 Å². The second-order valence-corrected chi connectivity index (χ2v) is 3.48. The largest absolute Gasteiger partial charge is 0.378 e. The molecule has 0 unspecified atom stereocenters. The molecule has 0 N–H and O–H groups in total. The first-order valence-electron chi connectivity index (χ1n) is 3.33. The number of methoxy groups -OCH3 is 1. The molecule has 0 bridgehead atoms. The van der Waals surface area contributed by atoms with Crippen LogP contribution >= 0.6 is 22.6 Å². The second-order valence-electron chi connectivity index (χ2n) is 2.40. The number of rotatable bonds is 2. The fourth-order valence-electron chi connectivity index (χ4n) is 0.974. The summed E-state index contributed by atoms with van der Waals surface area (Å²) in [6.07, 6.45) is 0. The number of ether oxygens (including phenoxy) is 1. The average molecular weight is 266 g/mol. The maximum Gasteiger partial charge on any atom is 0.0891 e. The first-order chi connectivity index (χ1) is 5.16. The van der Waals surface area contributed by atoms with Crippen molar-refractivity contribution in [3.8, 4) is 0 Å². The molecule has 0 atom stereocenters. The number of halogens is 1. The topological polar surface area (TPSA) is 27.1 Å². The summed E-state index contributed by atoms with van der Waals surface area (Å²) in [5, 5.41) is 4.26. The highest BCUT2D eigenvalue weighted by molar-refractivity contribution is 14.1. The molecule has 1 heterocycles. The Balaban J connectivity index is 3.02. The van der Waals surface area contributed by atoms with Crippen LogP contribution in [-0.4, -0.2) is 16.9 Å². The summed E-state index contributed by atoms with van der Waals surface area (Å²) >= 11 is 2.29. The molecule has 0 fully saturated rings. The monoisotopic (exact) mass is 266 g/mol. The Morgan fingerprint density at radius 2 is 2.27 bits per heavy atom. The molecule has 62 valence electrons. The van der Waals surface area contributed by atoms with Gasteiger partial charge in [0.25, 0.3) is 0 Å². The summed E-state index contributed by atoms with van der Waals surface area (Å²) in [6, 6.07) is 0. The zero-order valence-corrected chi connectivity index (χ0v) is 9.05. The van der Waals surface area contributed by atoms with E-state index < -0.39 is 0 Å². The molecule has 0 aliphatic carbocycles. The van der Waals surface area contributed by atoms with Gasteiger partial charge in [0.2, 0.25) is 0 Å². The molecule has 3 nitrogen and oxygen atoms in total. The molecule has 0 radical (unpaired) electrons. The lowest BCUT2D eigenvalue weighted by Crippen LogP contribution is -2.00. The highest BCUT2D eigenvalue weighted by Crippen LogP contribution is 2.15. The lowest BCUT2D eigenvalue weighted by molar-refractivity contribution is 0.177. The summed E-state index contributed by atoms with van der Waals surface area (Å²) < 4.78 is 8.10. The zero-order chi connectivity index (χ0) is 8.43. The first-order valence-corrected chi connectivity index (χ1v) is 4.41. The number of hydrogen-bond donors (Lipinski definition) is 0. The lowest BCUT2D eigenvalue weighted by Gasteiger charge is -1.99. The van der Waals surface area contributed by atoms with Crippen molar-refractivity contribution in [3.05, 3.63) is 15.0 Å². The smallest absolute Gasteiger partial charge is 0.0891 e. The van der Waals surface area contributed by atoms with Crippen LogP contribution < -0.4 is 0 Å². The molecule has 0 saturated heterocycles. The van der Waals surface area contributed by atoms with Gasteiger partial charge in [0.05, 0.1) is 21.6 Å². The van der Waals surface area contributed by atoms with Crippen LogP contribution in [0.3, 0.4) is 0 Å². The summed E-state index contributed by atoms with van der Waals surface area (Å²) in [7, 11) is 3.63. The van der Waals surface area contributed by atoms with Crippen LogP contribution in [0.1, 0.15) is 11.4 Å². The van der Waals surface area contributed by atoms with Gasteiger partial charge < -0.3 is 4.74 Å². The van der Waals surface area contributed by atoms with Gasteiger partial charge in [-0.1, -0.05) is 0 Å². The van der Waals surface area contributed by atoms with Crippen LogP contribution in [0.15, 0.2) is 0 Å². The van der Waals surface area contributed by atoms with E-state index in [0.29, 0.717) is 6.61 Å². The van der Waals surface area contributed by atoms with Gasteiger partial charge in [0.15, 0.2) is 0 Å². The predicted octanol–water partition coefficient (Wildman–Crippen LogP) is 1.48. The molecular weight excluding hydrogens is 255 g/mol. The average Bonchev–Trinajstić information content (AvgIpc) is 2.17. The van der Waals surface area contributed by atoms with Crippen molar-refractivity contribution in [2.45, 2.75) is 13.5 Å². The summed E-state index contributed by atoms with van der Waals surface area (Å²) in [6.45, 7) is 2.64. The van der Waals surface area contributed by atoms with Crippen molar-refractivity contribution in [2.75, 3.05) is 7.11 Å². The van der Waals surface area contributed by atoms with Gasteiger partial charge in [-0.2, -0.15) is 5.10 Å². The van der Waals surface area contributed by atoms with Crippen LogP contribution in [0.2, 0.25) is 0 Å². The fraction of sp³-hybridized carbons (Fsp3) is 0.571. The molecule has 11 heavy (non-hydrogen) atoms. The highest BCUT2D eigenvalue weighted by atomic mass is 127. The molecule has 0 saturated carbocycles. The minimum Gasteiger partial charge on any atom is -0.378 e. The van der Waals surface area contributed by atoms with Crippen LogP contribution in [0, 0.1) is 10.5 Å². The molecule has 1 aromatic heterocycles. The van der Waals surface area contributed by atoms with Crippen molar-refractivity contribution >= 4 is 22.6 Å². The second kappa shape index (κ2) is 3.53. The SMILES string of the molecule is COCc1c(I)c(C)nn1C. The third-order valence-electron chi connectivity index (χ3n) is 1.54. The minimum absolute atomic E-state index is 0.635. The quantitative estimate of drug-likeness (QED) is 0.758. The number of aromatic nitrogens is 2. The Bertz CT molecular complexity index is 257. The molecule has 0 aromatic carbocycles. The number of aryl methyl sites for hydroxylation is 2. The first kappa shape index (κ1) is 8.99. The third-order valence-corrected chi connectivity index (χ3v) is 2.95. The van der Waals surface area contributed by atoms with Gasteiger partial charge in [-0.05, 0) is 29.5 Å². The molecular formula is C7H11IN2O. The fourth-order valence-corrected chi connectivity index (χ4v) is 1.59. The van der Waals surface area contributed by atoms with Gasteiger partial charge in [0.1, 0.15) is 0 Å². The van der Waals surface area contributed by atoms with Gasteiger partial charge >= 0.3 is 0 Å². The molecule has 0 spiro atoms. The Morgan fingerprint density at radius 1 is 1.64 bits per heavy atom. The van der Waals surface area contributed by atoms with E-state index in [9.17, 15) is 0 Å². The van der Waals surface area contributed by atoms with Crippen LogP contribution in [0.4, 0.5) is 0 Å². The van der Waals surface area contributed by atoms with E-state index in [1.54, 1.807) is 7.11 Å². The summed E-state index contributed by atoms with van der Waals surface area (Å²) in [5.41, 5.74) is 2.21. The maximum absolute atomic E-state index is 5.04. The predicted molar refractivity (Wildman–Crippen MR) is 51.4 cm³/mol. The minimum atomic E-state index is 0.635. The van der Waals surface area contributed by atoms with Crippen molar-refractivity contribution < 1.29 is 4.74 Å². The maximum atomic E-state index is 5.04. The highest BCUT2D eigenvalue weighted by Gasteiger charge is 2.08. The molecule has 1 rings (SSSR count). The van der Waals surface area contributed by atoms with E-state index in [0.717, 1.165) is 11.4 Å². The molecule has 0 amide bonds. The van der Waals surface area contributed by atoms with Gasteiger partial charge in [-0.25, -0.2) is 0 Å². The van der Waals surface area contributed by atoms with E-state index in [1.807, 2.05) is 18.7 Å². The lowest BCUT2D eigenvalue weighted by atomic mass is 10.4. The van der Waals surface area contributed by atoms with E-state index in [-0.39, 0.29) is 0 Å². The Morgan fingerprint density at radius 3 is 2.64 bits per heavy atom. The Kier molecular flexibility index (Phi) is 2.89. The zero-order valence-electron chi connectivity index (χ0n) is 6.89. The number of nitrogens with zero attached hydrogens (tertiary/aromatic N) is 2. The number of hydrogen-bond acceptors (Lipinski definition) is 2. The summed E-state index contributed by atoms with van der Waals surface area (Å²) in [5.74, 6) is 0. The van der Waals surface area contributed by atoms with Crippen LogP contribution in [0.25, 0.3) is 0 Å². The Labute approximate surface area is 79.9 Å². The molecule has 1 aromatic rings. The molecule has 0 aliphatic heterocycles. The van der Waals surface area contributed by atoms with E-state index in [2.05, 4.69) is 27.7 Å². The van der Waals surface area contributed by atoms with Crippen molar-refractivity contribution in [1.29, 1.82) is 0 Å². The van der Waals surface area contributed by atoms with Crippen molar-refractivity contribution in [2.24, 2.45) is 7.05 Å². The van der Waals surface area contributed by atoms with Crippen LogP contribution in [-0.2, 0) is 18.4 Å². The van der Waals surface area contributed by atoms with Gasteiger partial charge in [-0.15, -0.1) is 0 Å². The van der Waals surface area contributed by atoms with E-state index >= 15 is 0 Å².